The molecule has 7 nitrogen and oxygen atoms in total. The minimum atomic E-state index is -0.143. The smallest absolute Gasteiger partial charge is 0.255 e. The van der Waals surface area contributed by atoms with Gasteiger partial charge in [-0.25, -0.2) is 4.98 Å². The summed E-state index contributed by atoms with van der Waals surface area (Å²) in [5, 5.41) is 6.57. The van der Waals surface area contributed by atoms with Crippen molar-refractivity contribution in [3.05, 3.63) is 83.6 Å². The van der Waals surface area contributed by atoms with Gasteiger partial charge in [-0.2, -0.15) is 0 Å². The number of aromatic nitrogens is 1. The third-order valence-electron chi connectivity index (χ3n) is 5.60. The molecule has 1 saturated heterocycles. The van der Waals surface area contributed by atoms with Crippen LogP contribution in [0.2, 0.25) is 0 Å². The highest BCUT2D eigenvalue weighted by Gasteiger charge is 2.25. The summed E-state index contributed by atoms with van der Waals surface area (Å²) in [6.07, 6.45) is 1.74. The van der Waals surface area contributed by atoms with Gasteiger partial charge in [0, 0.05) is 38.4 Å². The molecular weight excluding hydrogens is 392 g/mol. The summed E-state index contributed by atoms with van der Waals surface area (Å²) in [7, 11) is 0. The monoisotopic (exact) mass is 416 g/mol. The lowest BCUT2D eigenvalue weighted by Gasteiger charge is -2.35. The molecule has 3 aromatic rings. The van der Waals surface area contributed by atoms with Crippen LogP contribution in [0.15, 0.2) is 66.9 Å². The van der Waals surface area contributed by atoms with Crippen LogP contribution in [0.25, 0.3) is 0 Å². The molecule has 2 aromatic carbocycles. The number of pyridine rings is 1. The normalized spacial score (nSPS) is 17.4. The van der Waals surface area contributed by atoms with Gasteiger partial charge in [-0.15, -0.1) is 0 Å². The molecule has 2 aliphatic rings. The third kappa shape index (κ3) is 4.18. The lowest BCUT2D eigenvalue weighted by Crippen LogP contribution is -2.46. The molecule has 2 aliphatic heterocycles. The number of nitrogens with one attached hydrogen (secondary N) is 2. The maximum absolute atomic E-state index is 13.0. The van der Waals surface area contributed by atoms with E-state index in [1.165, 1.54) is 5.56 Å². The molecule has 1 amide bonds. The van der Waals surface area contributed by atoms with Crippen LogP contribution in [-0.2, 0) is 6.54 Å². The van der Waals surface area contributed by atoms with Crippen LogP contribution < -0.4 is 25.0 Å². The van der Waals surface area contributed by atoms with Crippen molar-refractivity contribution < 1.29 is 14.3 Å². The lowest BCUT2D eigenvalue weighted by atomic mass is 10.0. The van der Waals surface area contributed by atoms with Crippen molar-refractivity contribution in [2.24, 2.45) is 0 Å². The molecule has 1 fully saturated rings. The SMILES string of the molecule is O=C(NCc1ccc2c(c1)OCO2)c1cccnc1N1CCNC(c2ccccc2)C1. The number of benzene rings is 2. The van der Waals surface area contributed by atoms with E-state index in [1.54, 1.807) is 12.3 Å². The first-order valence-corrected chi connectivity index (χ1v) is 10.4. The highest BCUT2D eigenvalue weighted by Crippen LogP contribution is 2.32. The zero-order valence-electron chi connectivity index (χ0n) is 17.1. The molecule has 158 valence electrons. The summed E-state index contributed by atoms with van der Waals surface area (Å²) in [6.45, 7) is 3.01. The first-order chi connectivity index (χ1) is 15.3. The number of piperazine rings is 1. The molecule has 7 heteroatoms. The Hall–Kier alpha value is -3.58. The fraction of sp³-hybridized carbons (Fsp3) is 0.250. The van der Waals surface area contributed by atoms with E-state index in [0.717, 1.165) is 30.9 Å². The first-order valence-electron chi connectivity index (χ1n) is 10.4. The number of nitrogens with zero attached hydrogens (tertiary/aromatic N) is 2. The lowest BCUT2D eigenvalue weighted by molar-refractivity contribution is 0.0951. The zero-order chi connectivity index (χ0) is 21.0. The van der Waals surface area contributed by atoms with E-state index in [1.807, 2.05) is 42.5 Å². The standard InChI is InChI=1S/C24H24N4O3/c29-24(27-14-17-8-9-21-22(13-17)31-16-30-21)19-7-4-10-26-23(19)28-12-11-25-20(15-28)18-5-2-1-3-6-18/h1-10,13,20,25H,11-12,14-16H2,(H,27,29). The molecule has 3 heterocycles. The van der Waals surface area contributed by atoms with Crippen molar-refractivity contribution in [2.75, 3.05) is 31.3 Å². The number of carbonyl (C=O) groups is 1. The summed E-state index contributed by atoms with van der Waals surface area (Å²) in [5.41, 5.74) is 2.77. The van der Waals surface area contributed by atoms with Crippen LogP contribution in [0.3, 0.4) is 0 Å². The van der Waals surface area contributed by atoms with Crippen molar-refractivity contribution in [2.45, 2.75) is 12.6 Å². The minimum Gasteiger partial charge on any atom is -0.454 e. The van der Waals surface area contributed by atoms with Crippen molar-refractivity contribution in [3.63, 3.8) is 0 Å². The number of hydrogen-bond donors (Lipinski definition) is 2. The predicted octanol–water partition coefficient (Wildman–Crippen LogP) is 2.89. The number of amides is 1. The second-order valence-electron chi connectivity index (χ2n) is 7.61. The van der Waals surface area contributed by atoms with Gasteiger partial charge in [0.1, 0.15) is 5.82 Å². The Balaban J connectivity index is 1.30. The van der Waals surface area contributed by atoms with Gasteiger partial charge in [0.05, 0.1) is 5.56 Å². The number of fused-ring (bicyclic) bond motifs is 1. The Bertz CT molecular complexity index is 1070. The summed E-state index contributed by atoms with van der Waals surface area (Å²) in [5.74, 6) is 2.02. The highest BCUT2D eigenvalue weighted by molar-refractivity contribution is 5.98. The molecule has 0 saturated carbocycles. The van der Waals surface area contributed by atoms with Crippen molar-refractivity contribution in [1.82, 2.24) is 15.6 Å². The molecular formula is C24H24N4O3. The second kappa shape index (κ2) is 8.65. The third-order valence-corrected chi connectivity index (χ3v) is 5.60. The minimum absolute atomic E-state index is 0.143. The number of anilines is 1. The molecule has 31 heavy (non-hydrogen) atoms. The number of carbonyl (C=O) groups excluding carboxylic acids is 1. The predicted molar refractivity (Wildman–Crippen MR) is 117 cm³/mol. The van der Waals surface area contributed by atoms with Gasteiger partial charge in [-0.1, -0.05) is 36.4 Å². The molecule has 1 aromatic heterocycles. The van der Waals surface area contributed by atoms with Crippen LogP contribution in [0, 0.1) is 0 Å². The quantitative estimate of drug-likeness (QED) is 0.666. The largest absolute Gasteiger partial charge is 0.454 e. The Morgan fingerprint density at radius 2 is 1.97 bits per heavy atom. The zero-order valence-corrected chi connectivity index (χ0v) is 17.1. The second-order valence-corrected chi connectivity index (χ2v) is 7.61. The summed E-state index contributed by atoms with van der Waals surface area (Å²) in [6, 6.07) is 19.9. The van der Waals surface area contributed by atoms with Crippen LogP contribution in [0.4, 0.5) is 5.82 Å². The van der Waals surface area contributed by atoms with E-state index < -0.39 is 0 Å². The molecule has 0 bridgehead atoms. The number of hydrogen-bond acceptors (Lipinski definition) is 6. The van der Waals surface area contributed by atoms with Gasteiger partial charge in [0.25, 0.3) is 5.91 Å². The summed E-state index contributed by atoms with van der Waals surface area (Å²) in [4.78, 5) is 19.8. The van der Waals surface area contributed by atoms with Gasteiger partial charge in [0.2, 0.25) is 6.79 Å². The molecule has 1 atom stereocenters. The molecule has 2 N–H and O–H groups in total. The van der Waals surface area contributed by atoms with E-state index in [9.17, 15) is 4.79 Å². The van der Waals surface area contributed by atoms with Crippen LogP contribution >= 0.6 is 0 Å². The number of ether oxygens (including phenoxy) is 2. The average Bonchev–Trinajstić information content (AvgIpc) is 3.31. The van der Waals surface area contributed by atoms with Gasteiger partial charge in [-0.3, -0.25) is 4.79 Å². The van der Waals surface area contributed by atoms with Crippen LogP contribution in [0.1, 0.15) is 27.5 Å². The van der Waals surface area contributed by atoms with E-state index in [0.29, 0.717) is 23.7 Å². The van der Waals surface area contributed by atoms with Crippen molar-refractivity contribution in [1.29, 1.82) is 0 Å². The van der Waals surface area contributed by atoms with Gasteiger partial charge in [-0.05, 0) is 35.4 Å². The van der Waals surface area contributed by atoms with Crippen LogP contribution in [-0.4, -0.2) is 37.3 Å². The van der Waals surface area contributed by atoms with E-state index in [-0.39, 0.29) is 18.7 Å². The molecule has 0 spiro atoms. The van der Waals surface area contributed by atoms with Gasteiger partial charge < -0.3 is 25.0 Å². The molecule has 0 aliphatic carbocycles. The Morgan fingerprint density at radius 3 is 2.87 bits per heavy atom. The average molecular weight is 416 g/mol. The molecule has 0 radical (unpaired) electrons. The van der Waals surface area contributed by atoms with E-state index in [4.69, 9.17) is 9.47 Å². The topological polar surface area (TPSA) is 75.7 Å². The van der Waals surface area contributed by atoms with Gasteiger partial charge >= 0.3 is 0 Å². The fourth-order valence-electron chi connectivity index (χ4n) is 4.01. The number of rotatable bonds is 5. The first kappa shape index (κ1) is 19.4. The van der Waals surface area contributed by atoms with E-state index >= 15 is 0 Å². The summed E-state index contributed by atoms with van der Waals surface area (Å²) >= 11 is 0. The van der Waals surface area contributed by atoms with Crippen molar-refractivity contribution in [3.8, 4) is 11.5 Å². The molecule has 5 rings (SSSR count). The Kier molecular flexibility index (Phi) is 5.41. The maximum atomic E-state index is 13.0. The van der Waals surface area contributed by atoms with Crippen LogP contribution in [0.5, 0.6) is 11.5 Å². The molecule has 1 unspecified atom stereocenters. The Labute approximate surface area is 181 Å². The highest BCUT2D eigenvalue weighted by atomic mass is 16.7. The Morgan fingerprint density at radius 1 is 1.10 bits per heavy atom. The van der Waals surface area contributed by atoms with Crippen molar-refractivity contribution >= 4 is 11.7 Å². The fourth-order valence-corrected chi connectivity index (χ4v) is 4.01. The summed E-state index contributed by atoms with van der Waals surface area (Å²) < 4.78 is 10.8. The van der Waals surface area contributed by atoms with Gasteiger partial charge in [0.15, 0.2) is 11.5 Å². The van der Waals surface area contributed by atoms with E-state index in [2.05, 4.69) is 32.7 Å². The maximum Gasteiger partial charge on any atom is 0.255 e.